The fourth-order valence-corrected chi connectivity index (χ4v) is 6.42. The SMILES string of the molecule is COc1ccc(S(=O)(=O)N(CC(=O)N(Cc2ccc(Br)cc2)C(C)C(=O)NC(C)(C)C)c2ccc(C)cc2)cc1Br. The fourth-order valence-electron chi connectivity index (χ4n) is 4.02. The molecule has 0 saturated carbocycles. The lowest BCUT2D eigenvalue weighted by Crippen LogP contribution is -2.54. The molecule has 3 aromatic rings. The van der Waals surface area contributed by atoms with Crippen molar-refractivity contribution in [2.75, 3.05) is 18.0 Å². The first kappa shape index (κ1) is 32.6. The first-order chi connectivity index (χ1) is 19.1. The maximum absolute atomic E-state index is 14.0. The summed E-state index contributed by atoms with van der Waals surface area (Å²) in [5.74, 6) is -0.394. The van der Waals surface area contributed by atoms with Crippen molar-refractivity contribution in [1.82, 2.24) is 10.2 Å². The molecule has 1 unspecified atom stereocenters. The zero-order chi connectivity index (χ0) is 30.5. The maximum Gasteiger partial charge on any atom is 0.264 e. The molecule has 0 spiro atoms. The molecule has 0 saturated heterocycles. The summed E-state index contributed by atoms with van der Waals surface area (Å²) in [6.45, 7) is 8.71. The summed E-state index contributed by atoms with van der Waals surface area (Å²) in [5, 5.41) is 2.92. The molecule has 0 aliphatic heterocycles. The van der Waals surface area contributed by atoms with Crippen molar-refractivity contribution in [2.24, 2.45) is 0 Å². The van der Waals surface area contributed by atoms with Crippen molar-refractivity contribution in [2.45, 2.75) is 57.6 Å². The van der Waals surface area contributed by atoms with Crippen LogP contribution in [0.3, 0.4) is 0 Å². The van der Waals surface area contributed by atoms with Gasteiger partial charge in [-0.05, 0) is 98.6 Å². The largest absolute Gasteiger partial charge is 0.496 e. The Bertz CT molecular complexity index is 1490. The molecule has 3 aromatic carbocycles. The molecule has 41 heavy (non-hydrogen) atoms. The summed E-state index contributed by atoms with van der Waals surface area (Å²) in [5.41, 5.74) is 1.54. The number of nitrogens with zero attached hydrogens (tertiary/aromatic N) is 2. The summed E-state index contributed by atoms with van der Waals surface area (Å²) in [6, 6.07) is 17.8. The van der Waals surface area contributed by atoms with E-state index in [4.69, 9.17) is 4.74 Å². The summed E-state index contributed by atoms with van der Waals surface area (Å²) in [7, 11) is -2.71. The van der Waals surface area contributed by atoms with Crippen molar-refractivity contribution in [1.29, 1.82) is 0 Å². The lowest BCUT2D eigenvalue weighted by Gasteiger charge is -2.33. The van der Waals surface area contributed by atoms with E-state index in [1.165, 1.54) is 24.1 Å². The third-order valence-electron chi connectivity index (χ3n) is 6.24. The Labute approximate surface area is 259 Å². The highest BCUT2D eigenvalue weighted by Crippen LogP contribution is 2.31. The number of carbonyl (C=O) groups excluding carboxylic acids is 2. The number of halogens is 2. The molecule has 3 rings (SSSR count). The van der Waals surface area contributed by atoms with Crippen LogP contribution < -0.4 is 14.4 Å². The first-order valence-corrected chi connectivity index (χ1v) is 15.9. The Morgan fingerprint density at radius 1 is 0.976 bits per heavy atom. The van der Waals surface area contributed by atoms with Crippen LogP contribution in [-0.4, -0.2) is 50.4 Å². The zero-order valence-electron chi connectivity index (χ0n) is 23.9. The molecule has 220 valence electrons. The van der Waals surface area contributed by atoms with Crippen LogP contribution in [0.5, 0.6) is 5.75 Å². The summed E-state index contributed by atoms with van der Waals surface area (Å²) in [4.78, 5) is 28.6. The van der Waals surface area contributed by atoms with Gasteiger partial charge in [0.2, 0.25) is 11.8 Å². The van der Waals surface area contributed by atoms with Crippen LogP contribution in [0.2, 0.25) is 0 Å². The molecule has 0 aliphatic carbocycles. The number of anilines is 1. The van der Waals surface area contributed by atoms with Gasteiger partial charge < -0.3 is 15.0 Å². The van der Waals surface area contributed by atoms with Gasteiger partial charge in [0.1, 0.15) is 18.3 Å². The molecular formula is C30H35Br2N3O5S. The van der Waals surface area contributed by atoms with E-state index in [0.29, 0.717) is 15.9 Å². The first-order valence-electron chi connectivity index (χ1n) is 12.9. The molecule has 8 nitrogen and oxygen atoms in total. The van der Waals surface area contributed by atoms with Gasteiger partial charge in [0.05, 0.1) is 22.2 Å². The van der Waals surface area contributed by atoms with Crippen molar-refractivity contribution in [3.8, 4) is 5.75 Å². The maximum atomic E-state index is 14.0. The standard InChI is InChI=1S/C30H35Br2N3O5S/c1-20-7-13-24(14-8-20)35(41(38,39)25-15-16-27(40-6)26(32)17-25)19-28(36)34(18-22-9-11-23(31)12-10-22)21(2)29(37)33-30(3,4)5/h7-17,21H,18-19H2,1-6H3,(H,33,37). The predicted molar refractivity (Wildman–Crippen MR) is 168 cm³/mol. The molecule has 0 radical (unpaired) electrons. The molecule has 0 heterocycles. The zero-order valence-corrected chi connectivity index (χ0v) is 27.9. The van der Waals surface area contributed by atoms with E-state index in [9.17, 15) is 18.0 Å². The van der Waals surface area contributed by atoms with E-state index in [1.807, 2.05) is 52.0 Å². The van der Waals surface area contributed by atoms with E-state index in [0.717, 1.165) is 19.9 Å². The normalized spacial score (nSPS) is 12.4. The van der Waals surface area contributed by atoms with E-state index in [2.05, 4.69) is 37.2 Å². The second-order valence-corrected chi connectivity index (χ2v) is 14.3. The lowest BCUT2D eigenvalue weighted by atomic mass is 10.1. The van der Waals surface area contributed by atoms with Crippen LogP contribution in [0.25, 0.3) is 0 Å². The minimum absolute atomic E-state index is 0.0171. The molecule has 0 bridgehead atoms. The minimum Gasteiger partial charge on any atom is -0.496 e. The van der Waals surface area contributed by atoms with Gasteiger partial charge >= 0.3 is 0 Å². The van der Waals surface area contributed by atoms with E-state index in [1.54, 1.807) is 37.3 Å². The number of ether oxygens (including phenoxy) is 1. The number of amides is 2. The van der Waals surface area contributed by atoms with Crippen molar-refractivity contribution in [3.63, 3.8) is 0 Å². The minimum atomic E-state index is -4.20. The molecule has 1 atom stereocenters. The van der Waals surface area contributed by atoms with E-state index >= 15 is 0 Å². The number of methoxy groups -OCH3 is 1. The second kappa shape index (κ2) is 13.4. The number of hydrogen-bond donors (Lipinski definition) is 1. The van der Waals surface area contributed by atoms with Crippen molar-refractivity contribution >= 4 is 59.4 Å². The molecule has 1 N–H and O–H groups in total. The Kier molecular flexibility index (Phi) is 10.7. The number of rotatable bonds is 10. The molecule has 11 heteroatoms. The van der Waals surface area contributed by atoms with Gasteiger partial charge in [0.15, 0.2) is 0 Å². The Morgan fingerprint density at radius 3 is 2.12 bits per heavy atom. The van der Waals surface area contributed by atoms with Gasteiger partial charge in [-0.3, -0.25) is 13.9 Å². The van der Waals surface area contributed by atoms with Crippen LogP contribution in [0.4, 0.5) is 5.69 Å². The van der Waals surface area contributed by atoms with Gasteiger partial charge in [-0.1, -0.05) is 45.8 Å². The van der Waals surface area contributed by atoms with Gasteiger partial charge in [-0.15, -0.1) is 0 Å². The van der Waals surface area contributed by atoms with Crippen molar-refractivity contribution in [3.05, 3.63) is 86.8 Å². The van der Waals surface area contributed by atoms with Gasteiger partial charge in [0, 0.05) is 16.6 Å². The lowest BCUT2D eigenvalue weighted by molar-refractivity contribution is -0.140. The quantitative estimate of drug-likeness (QED) is 0.277. The highest BCUT2D eigenvalue weighted by molar-refractivity contribution is 9.10. The topological polar surface area (TPSA) is 96.0 Å². The van der Waals surface area contributed by atoms with Crippen LogP contribution in [0, 0.1) is 6.92 Å². The predicted octanol–water partition coefficient (Wildman–Crippen LogP) is 6.06. The highest BCUT2D eigenvalue weighted by Gasteiger charge is 2.33. The number of hydrogen-bond acceptors (Lipinski definition) is 5. The summed E-state index contributed by atoms with van der Waals surface area (Å²) in [6.07, 6.45) is 0. The molecule has 0 fully saturated rings. The smallest absolute Gasteiger partial charge is 0.264 e. The summed E-state index contributed by atoms with van der Waals surface area (Å²) >= 11 is 6.78. The van der Waals surface area contributed by atoms with Crippen LogP contribution in [-0.2, 0) is 26.2 Å². The Balaban J connectivity index is 2.05. The third kappa shape index (κ3) is 8.56. The number of nitrogens with one attached hydrogen (secondary N) is 1. The fraction of sp³-hybridized carbons (Fsp3) is 0.333. The van der Waals surface area contributed by atoms with E-state index in [-0.39, 0.29) is 17.3 Å². The van der Waals surface area contributed by atoms with Gasteiger partial charge in [0.25, 0.3) is 10.0 Å². The van der Waals surface area contributed by atoms with Gasteiger partial charge in [-0.2, -0.15) is 0 Å². The molecular weight excluding hydrogens is 674 g/mol. The van der Waals surface area contributed by atoms with Crippen LogP contribution in [0.1, 0.15) is 38.8 Å². The number of carbonyl (C=O) groups is 2. The average molecular weight is 710 g/mol. The second-order valence-electron chi connectivity index (χ2n) is 10.7. The molecule has 2 amide bonds. The van der Waals surface area contributed by atoms with Crippen LogP contribution in [0.15, 0.2) is 80.6 Å². The average Bonchev–Trinajstić information content (AvgIpc) is 2.90. The number of aryl methyl sites for hydroxylation is 1. The van der Waals surface area contributed by atoms with E-state index < -0.39 is 34.1 Å². The number of sulfonamides is 1. The Morgan fingerprint density at radius 2 is 1.59 bits per heavy atom. The van der Waals surface area contributed by atoms with Gasteiger partial charge in [-0.25, -0.2) is 8.42 Å². The summed E-state index contributed by atoms with van der Waals surface area (Å²) < 4.78 is 35.7. The third-order valence-corrected chi connectivity index (χ3v) is 9.16. The Hall–Kier alpha value is -2.89. The molecule has 0 aliphatic rings. The van der Waals surface area contributed by atoms with Crippen LogP contribution >= 0.6 is 31.9 Å². The molecule has 0 aromatic heterocycles. The highest BCUT2D eigenvalue weighted by atomic mass is 79.9. The monoisotopic (exact) mass is 707 g/mol. The number of benzene rings is 3. The van der Waals surface area contributed by atoms with Crippen molar-refractivity contribution < 1.29 is 22.7 Å².